The van der Waals surface area contributed by atoms with Crippen molar-refractivity contribution in [3.63, 3.8) is 0 Å². The largest absolute Gasteiger partial charge is 0.728 e. The molecule has 0 fully saturated rings. The van der Waals surface area contributed by atoms with Gasteiger partial charge in [-0.15, -0.1) is 0 Å². The van der Waals surface area contributed by atoms with Crippen molar-refractivity contribution in [2.45, 2.75) is 26.4 Å². The first-order valence-corrected chi connectivity index (χ1v) is 9.04. The molecule has 0 heterocycles. The molecular weight excluding hydrogens is 354 g/mol. The number of rotatable bonds is 6. The van der Waals surface area contributed by atoms with Crippen molar-refractivity contribution in [2.24, 2.45) is 0 Å². The van der Waals surface area contributed by atoms with E-state index in [1.54, 1.807) is 27.9 Å². The molecule has 3 rings (SSSR count). The highest BCUT2D eigenvalue weighted by Gasteiger charge is 2.19. The lowest BCUT2D eigenvalue weighted by atomic mass is 9.97. The minimum Gasteiger partial charge on any atom is -0.728 e. The van der Waals surface area contributed by atoms with E-state index in [0.29, 0.717) is 11.5 Å². The second-order valence-corrected chi connectivity index (χ2v) is 7.30. The minimum atomic E-state index is -0.686. The molecule has 3 aromatic rings. The summed E-state index contributed by atoms with van der Waals surface area (Å²) in [7, 11) is 1.61. The second kappa shape index (κ2) is 8.44. The Morgan fingerprint density at radius 1 is 0.786 bits per heavy atom. The predicted molar refractivity (Wildman–Crippen MR) is 111 cm³/mol. The lowest BCUT2D eigenvalue weighted by molar-refractivity contribution is -0.327. The van der Waals surface area contributed by atoms with Crippen LogP contribution in [-0.2, 0) is 4.84 Å². The summed E-state index contributed by atoms with van der Waals surface area (Å²) in [4.78, 5) is 11.0. The van der Waals surface area contributed by atoms with Crippen molar-refractivity contribution in [3.8, 4) is 33.8 Å². The van der Waals surface area contributed by atoms with Gasteiger partial charge in [-0.25, -0.2) is 0 Å². The maximum Gasteiger partial charge on any atom is 0.165 e. The van der Waals surface area contributed by atoms with E-state index in [-0.39, 0.29) is 5.39 Å². The first-order chi connectivity index (χ1) is 13.4. The summed E-state index contributed by atoms with van der Waals surface area (Å²) in [6, 6.07) is 23.1. The molecule has 3 aromatic carbocycles. The summed E-state index contributed by atoms with van der Waals surface area (Å²) < 4.78 is 5.50. The van der Waals surface area contributed by atoms with Crippen LogP contribution < -0.4 is 9.57 Å². The van der Waals surface area contributed by atoms with Crippen LogP contribution in [0.5, 0.6) is 11.5 Å². The molecule has 28 heavy (non-hydrogen) atoms. The average molecular weight is 378 g/mol. The smallest absolute Gasteiger partial charge is 0.165 e. The van der Waals surface area contributed by atoms with Gasteiger partial charge < -0.3 is 14.8 Å². The van der Waals surface area contributed by atoms with E-state index < -0.39 is 5.60 Å². The molecule has 0 saturated carbocycles. The zero-order valence-corrected chi connectivity index (χ0v) is 16.5. The van der Waals surface area contributed by atoms with E-state index in [2.05, 4.69) is 0 Å². The number of methoxy groups -OCH3 is 1. The molecule has 0 N–H and O–H groups in total. The van der Waals surface area contributed by atoms with Gasteiger partial charge in [0.2, 0.25) is 0 Å². The fraction of sp³-hybridized carbons (Fsp3) is 0.217. The van der Waals surface area contributed by atoms with E-state index in [1.165, 1.54) is 0 Å². The van der Waals surface area contributed by atoms with Crippen LogP contribution in [0.4, 0.5) is 0 Å². The van der Waals surface area contributed by atoms with E-state index in [0.717, 1.165) is 22.3 Å². The molecule has 0 aliphatic carbocycles. The van der Waals surface area contributed by atoms with Gasteiger partial charge >= 0.3 is 0 Å². The van der Waals surface area contributed by atoms with Gasteiger partial charge in [-0.2, -0.15) is 0 Å². The molecule has 0 radical (unpaired) electrons. The quantitative estimate of drug-likeness (QED) is 0.503. The van der Waals surface area contributed by atoms with Gasteiger partial charge in [0.1, 0.15) is 5.75 Å². The molecule has 5 heteroatoms. The zero-order valence-electron chi connectivity index (χ0n) is 16.5. The van der Waals surface area contributed by atoms with Crippen LogP contribution in [0.1, 0.15) is 20.8 Å². The fourth-order valence-corrected chi connectivity index (χ4v) is 2.80. The molecule has 0 aromatic heterocycles. The lowest BCUT2D eigenvalue weighted by Crippen LogP contribution is -2.32. The second-order valence-electron chi connectivity index (χ2n) is 7.30. The summed E-state index contributed by atoms with van der Waals surface area (Å²) in [6.45, 7) is 5.35. The van der Waals surface area contributed by atoms with Gasteiger partial charge in [-0.05, 0) is 44.0 Å². The maximum atomic E-state index is 12.4. The highest BCUT2D eigenvalue weighted by atomic mass is 17.1. The van der Waals surface area contributed by atoms with E-state index in [9.17, 15) is 5.21 Å². The number of benzene rings is 3. The minimum absolute atomic E-state index is 0.167. The van der Waals surface area contributed by atoms with Gasteiger partial charge in [0.25, 0.3) is 0 Å². The van der Waals surface area contributed by atoms with Gasteiger partial charge in [0, 0.05) is 11.1 Å². The first kappa shape index (κ1) is 19.9. The molecule has 0 spiro atoms. The Hall–Kier alpha value is -2.86. The normalized spacial score (nSPS) is 11.5. The highest BCUT2D eigenvalue weighted by Crippen LogP contribution is 2.42. The predicted octanol–water partition coefficient (Wildman–Crippen LogP) is 5.85. The number of hydrogen-bond acceptors (Lipinski definition) is 5. The third kappa shape index (κ3) is 4.89. The molecule has 0 amide bonds. The van der Waals surface area contributed by atoms with Crippen LogP contribution in [0, 0.1) is 5.21 Å². The molecule has 0 aliphatic rings. The number of nitrogens with zero attached hydrogens (tertiary/aromatic N) is 1. The Morgan fingerprint density at radius 2 is 1.25 bits per heavy atom. The number of ether oxygens (including phenoxy) is 1. The summed E-state index contributed by atoms with van der Waals surface area (Å²) in [5.41, 5.74) is 2.58. The van der Waals surface area contributed by atoms with Crippen molar-refractivity contribution in [1.82, 2.24) is 5.39 Å². The van der Waals surface area contributed by atoms with Crippen molar-refractivity contribution < 1.29 is 14.4 Å². The van der Waals surface area contributed by atoms with Crippen molar-refractivity contribution in [1.29, 1.82) is 0 Å². The third-order valence-electron chi connectivity index (χ3n) is 3.98. The summed E-state index contributed by atoms with van der Waals surface area (Å²) in [5.74, 6) is 1.07. The third-order valence-corrected chi connectivity index (χ3v) is 3.98. The van der Waals surface area contributed by atoms with Crippen molar-refractivity contribution in [3.05, 3.63) is 78.0 Å². The van der Waals surface area contributed by atoms with Gasteiger partial charge in [0.05, 0.1) is 12.7 Å². The topological polar surface area (TPSA) is 54.0 Å². The maximum absolute atomic E-state index is 12.4. The van der Waals surface area contributed by atoms with E-state index in [1.807, 2.05) is 72.8 Å². The molecule has 5 nitrogen and oxygen atoms in total. The number of hydrogen-bond donors (Lipinski definition) is 0. The highest BCUT2D eigenvalue weighted by molar-refractivity contribution is 5.84. The van der Waals surface area contributed by atoms with Gasteiger partial charge in [-0.1, -0.05) is 66.1 Å². The van der Waals surface area contributed by atoms with Crippen LogP contribution in [0.15, 0.2) is 72.8 Å². The Labute approximate surface area is 165 Å². The molecular formula is C23H24NO4-. The molecule has 0 bridgehead atoms. The Bertz CT molecular complexity index is 844. The molecule has 0 atom stereocenters. The van der Waals surface area contributed by atoms with Crippen molar-refractivity contribution in [2.75, 3.05) is 7.11 Å². The van der Waals surface area contributed by atoms with Crippen LogP contribution in [-0.4, -0.2) is 18.1 Å². The van der Waals surface area contributed by atoms with Crippen LogP contribution >= 0.6 is 0 Å². The monoisotopic (exact) mass is 378 g/mol. The zero-order chi connectivity index (χ0) is 20.1. The van der Waals surface area contributed by atoms with Gasteiger partial charge in [-0.3, -0.25) is 4.84 Å². The van der Waals surface area contributed by atoms with E-state index in [4.69, 9.17) is 14.4 Å². The molecule has 146 valence electrons. The summed E-state index contributed by atoms with van der Waals surface area (Å²) >= 11 is 0. The molecule has 0 aliphatic heterocycles. The summed E-state index contributed by atoms with van der Waals surface area (Å²) in [6.07, 6.45) is 0. The first-order valence-electron chi connectivity index (χ1n) is 9.04. The molecule has 0 unspecified atom stereocenters. The van der Waals surface area contributed by atoms with Gasteiger partial charge in [0.15, 0.2) is 5.75 Å². The molecule has 0 saturated heterocycles. The fourth-order valence-electron chi connectivity index (χ4n) is 2.80. The Balaban J connectivity index is 2.17. The standard InChI is InChI=1S/C23H24NO4/c1-23(2,3)28-24(25)27-22-20(17-11-7-5-8-12-17)15-19(26-4)16-21(22)18-13-9-6-10-14-18/h5-16H,1-4H3/q-1. The van der Waals surface area contributed by atoms with E-state index >= 15 is 0 Å². The van der Waals surface area contributed by atoms with Crippen LogP contribution in [0.3, 0.4) is 0 Å². The van der Waals surface area contributed by atoms with Crippen LogP contribution in [0.25, 0.3) is 22.3 Å². The summed E-state index contributed by atoms with van der Waals surface area (Å²) in [5, 5.41) is 12.6. The average Bonchev–Trinajstić information content (AvgIpc) is 2.68. The lowest BCUT2D eigenvalue weighted by Gasteiger charge is -2.34. The SMILES string of the molecule is COc1cc(-c2ccccc2)c(ON([O-])OC(C)(C)C)c(-c2ccccc2)c1. The Morgan fingerprint density at radius 3 is 1.64 bits per heavy atom. The Kier molecular flexibility index (Phi) is 5.99. The van der Waals surface area contributed by atoms with Crippen molar-refractivity contribution >= 4 is 0 Å². The van der Waals surface area contributed by atoms with Crippen LogP contribution in [0.2, 0.25) is 0 Å².